The van der Waals surface area contributed by atoms with E-state index in [1.807, 2.05) is 6.92 Å². The van der Waals surface area contributed by atoms with Gasteiger partial charge in [-0.15, -0.1) is 0 Å². The second-order valence-corrected chi connectivity index (χ2v) is 5.00. The van der Waals surface area contributed by atoms with E-state index in [9.17, 15) is 13.2 Å². The lowest BCUT2D eigenvalue weighted by Crippen LogP contribution is -2.33. The van der Waals surface area contributed by atoms with Crippen LogP contribution in [0.15, 0.2) is 0 Å². The van der Waals surface area contributed by atoms with Crippen molar-refractivity contribution in [2.75, 3.05) is 18.8 Å². The minimum Gasteiger partial charge on any atom is -0.355 e. The van der Waals surface area contributed by atoms with Crippen LogP contribution in [0.3, 0.4) is 0 Å². The molecule has 0 aliphatic rings. The highest BCUT2D eigenvalue weighted by atomic mass is 32.2. The van der Waals surface area contributed by atoms with Gasteiger partial charge in [0.15, 0.2) is 0 Å². The Morgan fingerprint density at radius 3 is 2.50 bits per heavy atom. The molecule has 1 atom stereocenters. The Bertz CT molecular complexity index is 276. The monoisotopic (exact) mass is 223 g/mol. The molecule has 0 aromatic rings. The van der Waals surface area contributed by atoms with Crippen molar-refractivity contribution in [2.24, 2.45) is 16.8 Å². The van der Waals surface area contributed by atoms with Crippen molar-refractivity contribution in [1.82, 2.24) is 5.32 Å². The van der Waals surface area contributed by atoms with Crippen LogP contribution >= 0.6 is 0 Å². The van der Waals surface area contributed by atoms with E-state index in [1.165, 1.54) is 0 Å². The average molecular weight is 223 g/mol. The highest BCUT2D eigenvalue weighted by Crippen LogP contribution is 1.97. The Hall–Kier alpha value is -0.660. The van der Waals surface area contributed by atoms with E-state index in [1.54, 1.807) is 0 Å². The third kappa shape index (κ3) is 7.96. The van der Waals surface area contributed by atoms with E-state index in [0.717, 1.165) is 0 Å². The van der Waals surface area contributed by atoms with Gasteiger partial charge in [-0.25, -0.2) is 13.6 Å². The van der Waals surface area contributed by atoms with Gasteiger partial charge in [-0.3, -0.25) is 4.79 Å². The lowest BCUT2D eigenvalue weighted by Gasteiger charge is -2.08. The fraction of sp³-hybridized carbons (Fsp3) is 0.857. The van der Waals surface area contributed by atoms with Crippen LogP contribution in [0.4, 0.5) is 0 Å². The summed E-state index contributed by atoms with van der Waals surface area (Å²) in [5, 5.41) is 7.20. The molecule has 0 radical (unpaired) electrons. The fourth-order valence-corrected chi connectivity index (χ4v) is 1.19. The first kappa shape index (κ1) is 13.3. The summed E-state index contributed by atoms with van der Waals surface area (Å²) in [6.07, 6.45) is 0.307. The third-order valence-corrected chi connectivity index (χ3v) is 2.42. The zero-order valence-corrected chi connectivity index (χ0v) is 9.01. The van der Waals surface area contributed by atoms with E-state index >= 15 is 0 Å². The molecule has 0 aromatic carbocycles. The Kier molecular flexibility index (Phi) is 5.66. The van der Waals surface area contributed by atoms with Crippen molar-refractivity contribution in [3.8, 4) is 0 Å². The Morgan fingerprint density at radius 2 is 2.07 bits per heavy atom. The predicted molar refractivity (Wildman–Crippen MR) is 53.8 cm³/mol. The van der Waals surface area contributed by atoms with Crippen LogP contribution in [0, 0.1) is 5.92 Å². The van der Waals surface area contributed by atoms with Crippen LogP contribution in [0.1, 0.15) is 13.3 Å². The molecule has 0 saturated heterocycles. The molecule has 0 fully saturated rings. The topological polar surface area (TPSA) is 115 Å². The molecule has 0 spiro atoms. The van der Waals surface area contributed by atoms with E-state index in [4.69, 9.17) is 10.9 Å². The van der Waals surface area contributed by atoms with E-state index in [2.05, 4.69) is 5.32 Å². The van der Waals surface area contributed by atoms with Crippen molar-refractivity contribution in [2.45, 2.75) is 13.3 Å². The summed E-state index contributed by atoms with van der Waals surface area (Å²) in [4.78, 5) is 11.1. The summed E-state index contributed by atoms with van der Waals surface area (Å²) in [7, 11) is -3.49. The summed E-state index contributed by atoms with van der Waals surface area (Å²) in [5.74, 6) is -0.341. The zero-order valence-electron chi connectivity index (χ0n) is 8.19. The molecule has 14 heavy (non-hydrogen) atoms. The first-order valence-electron chi connectivity index (χ1n) is 4.32. The number of nitrogens with two attached hydrogens (primary N) is 2. The van der Waals surface area contributed by atoms with Crippen molar-refractivity contribution in [3.05, 3.63) is 0 Å². The number of hydrogen-bond acceptors (Lipinski definition) is 4. The predicted octanol–water partition coefficient (Wildman–Crippen LogP) is -1.62. The normalized spacial score (nSPS) is 13.6. The molecular formula is C7H17N3O3S. The lowest BCUT2D eigenvalue weighted by atomic mass is 10.1. The molecule has 0 aliphatic heterocycles. The summed E-state index contributed by atoms with van der Waals surface area (Å²) in [6.45, 7) is 2.33. The van der Waals surface area contributed by atoms with Crippen LogP contribution in [0.25, 0.3) is 0 Å². The van der Waals surface area contributed by atoms with E-state index < -0.39 is 10.0 Å². The minimum atomic E-state index is -3.49. The lowest BCUT2D eigenvalue weighted by molar-refractivity contribution is -0.121. The van der Waals surface area contributed by atoms with Crippen LogP contribution in [0.2, 0.25) is 0 Å². The second-order valence-electron chi connectivity index (χ2n) is 3.26. The van der Waals surface area contributed by atoms with Crippen LogP contribution in [-0.2, 0) is 14.8 Å². The summed E-state index contributed by atoms with van der Waals surface area (Å²) >= 11 is 0. The van der Waals surface area contributed by atoms with Gasteiger partial charge in [0.05, 0.1) is 5.75 Å². The summed E-state index contributed by atoms with van der Waals surface area (Å²) < 4.78 is 21.0. The largest absolute Gasteiger partial charge is 0.355 e. The fourth-order valence-electron chi connectivity index (χ4n) is 0.805. The first-order valence-corrected chi connectivity index (χ1v) is 6.04. The van der Waals surface area contributed by atoms with Gasteiger partial charge in [0.25, 0.3) is 0 Å². The van der Waals surface area contributed by atoms with Gasteiger partial charge in [0, 0.05) is 13.0 Å². The summed E-state index contributed by atoms with van der Waals surface area (Å²) in [5.41, 5.74) is 5.32. The molecular weight excluding hydrogens is 206 g/mol. The van der Waals surface area contributed by atoms with E-state index in [0.29, 0.717) is 13.0 Å². The van der Waals surface area contributed by atoms with E-state index in [-0.39, 0.29) is 24.1 Å². The van der Waals surface area contributed by atoms with Gasteiger partial charge < -0.3 is 11.1 Å². The Labute approximate surface area is 84.1 Å². The standard InChI is InChI=1S/C7H17N3O3S/c1-6(5-8)4-7(11)10-2-3-14(9,12)13/h6H,2-5,8H2,1H3,(H,10,11)(H2,9,12,13). The van der Waals surface area contributed by atoms with Gasteiger partial charge in [-0.05, 0) is 12.5 Å². The van der Waals surface area contributed by atoms with Gasteiger partial charge in [-0.2, -0.15) is 0 Å². The zero-order chi connectivity index (χ0) is 11.2. The maximum absolute atomic E-state index is 11.1. The van der Waals surface area contributed by atoms with Crippen molar-refractivity contribution in [1.29, 1.82) is 0 Å². The molecule has 0 bridgehead atoms. The number of nitrogens with one attached hydrogen (secondary N) is 1. The molecule has 7 heteroatoms. The number of rotatable bonds is 6. The Morgan fingerprint density at radius 1 is 1.50 bits per heavy atom. The molecule has 6 nitrogen and oxygen atoms in total. The first-order chi connectivity index (χ1) is 6.35. The maximum atomic E-state index is 11.1. The number of carbonyl (C=O) groups excluding carboxylic acids is 1. The number of hydrogen-bond donors (Lipinski definition) is 3. The summed E-state index contributed by atoms with van der Waals surface area (Å²) in [6, 6.07) is 0. The van der Waals surface area contributed by atoms with Crippen LogP contribution in [0.5, 0.6) is 0 Å². The molecule has 5 N–H and O–H groups in total. The van der Waals surface area contributed by atoms with Crippen molar-refractivity contribution >= 4 is 15.9 Å². The average Bonchev–Trinajstić information content (AvgIpc) is 2.01. The molecule has 1 amide bonds. The third-order valence-electron chi connectivity index (χ3n) is 1.64. The van der Waals surface area contributed by atoms with Crippen molar-refractivity contribution in [3.63, 3.8) is 0 Å². The molecule has 0 aromatic heterocycles. The molecule has 0 heterocycles. The van der Waals surface area contributed by atoms with Gasteiger partial charge in [0.2, 0.25) is 15.9 Å². The van der Waals surface area contributed by atoms with Gasteiger partial charge in [-0.1, -0.05) is 6.92 Å². The SMILES string of the molecule is CC(CN)CC(=O)NCCS(N)(=O)=O. The minimum absolute atomic E-state index is 0.0506. The van der Waals surface area contributed by atoms with Gasteiger partial charge >= 0.3 is 0 Å². The smallest absolute Gasteiger partial charge is 0.220 e. The van der Waals surface area contributed by atoms with Crippen LogP contribution < -0.4 is 16.2 Å². The van der Waals surface area contributed by atoms with Crippen molar-refractivity contribution < 1.29 is 13.2 Å². The molecule has 84 valence electrons. The number of primary sulfonamides is 1. The highest BCUT2D eigenvalue weighted by molar-refractivity contribution is 7.89. The van der Waals surface area contributed by atoms with Crippen LogP contribution in [-0.4, -0.2) is 33.2 Å². The number of sulfonamides is 1. The molecule has 0 rings (SSSR count). The Balaban J connectivity index is 3.65. The maximum Gasteiger partial charge on any atom is 0.220 e. The second kappa shape index (κ2) is 5.94. The quantitative estimate of drug-likeness (QED) is 0.501. The van der Waals surface area contributed by atoms with Gasteiger partial charge in [0.1, 0.15) is 0 Å². The molecule has 0 aliphatic carbocycles. The molecule has 0 saturated carbocycles. The molecule has 1 unspecified atom stereocenters. The number of amides is 1. The highest BCUT2D eigenvalue weighted by Gasteiger charge is 2.08. The number of carbonyl (C=O) groups is 1.